The number of rotatable bonds is 3. The summed E-state index contributed by atoms with van der Waals surface area (Å²) in [6.45, 7) is 0. The van der Waals surface area contributed by atoms with Crippen molar-refractivity contribution in [2.45, 2.75) is 43.8 Å². The lowest BCUT2D eigenvalue weighted by molar-refractivity contribution is 0.0920. The van der Waals surface area contributed by atoms with E-state index >= 15 is 0 Å². The van der Waals surface area contributed by atoms with Crippen LogP contribution < -0.4 is 15.4 Å². The van der Waals surface area contributed by atoms with Crippen LogP contribution in [0.1, 0.15) is 36.0 Å². The lowest BCUT2D eigenvalue weighted by Crippen LogP contribution is -2.48. The molecule has 3 rings (SSSR count). The van der Waals surface area contributed by atoms with Crippen LogP contribution in [0.3, 0.4) is 0 Å². The van der Waals surface area contributed by atoms with E-state index in [9.17, 15) is 9.18 Å². The van der Waals surface area contributed by atoms with Gasteiger partial charge in [0.25, 0.3) is 5.91 Å². The first-order chi connectivity index (χ1) is 9.65. The van der Waals surface area contributed by atoms with Crippen LogP contribution in [-0.4, -0.2) is 31.1 Å². The minimum Gasteiger partial charge on any atom is -0.497 e. The molecule has 1 aromatic carbocycles. The second-order valence-electron chi connectivity index (χ2n) is 5.63. The highest BCUT2D eigenvalue weighted by molar-refractivity contribution is 5.94. The normalized spacial score (nSPS) is 26.9. The number of hydrogen-bond acceptors (Lipinski definition) is 3. The summed E-state index contributed by atoms with van der Waals surface area (Å²) in [5.41, 5.74) is 0.0803. The van der Waals surface area contributed by atoms with Crippen molar-refractivity contribution in [3.8, 4) is 5.75 Å². The fraction of sp³-hybridized carbons (Fsp3) is 0.533. The van der Waals surface area contributed by atoms with E-state index in [4.69, 9.17) is 4.74 Å². The van der Waals surface area contributed by atoms with Gasteiger partial charge in [-0.25, -0.2) is 4.39 Å². The average molecular weight is 315 g/mol. The van der Waals surface area contributed by atoms with Gasteiger partial charge in [-0.2, -0.15) is 0 Å². The Hall–Kier alpha value is -1.33. The number of benzene rings is 1. The maximum absolute atomic E-state index is 13.9. The number of methoxy groups -OCH3 is 1. The molecule has 21 heavy (non-hydrogen) atoms. The number of fused-ring (bicyclic) bond motifs is 2. The number of carbonyl (C=O) groups excluding carboxylic acids is 1. The second kappa shape index (κ2) is 6.62. The van der Waals surface area contributed by atoms with E-state index in [1.807, 2.05) is 0 Å². The summed E-state index contributed by atoms with van der Waals surface area (Å²) in [5, 5.41) is 6.47. The summed E-state index contributed by atoms with van der Waals surface area (Å²) in [6.07, 6.45) is 4.21. The van der Waals surface area contributed by atoms with Crippen molar-refractivity contribution in [3.63, 3.8) is 0 Å². The topological polar surface area (TPSA) is 50.4 Å². The molecular weight excluding hydrogens is 295 g/mol. The summed E-state index contributed by atoms with van der Waals surface area (Å²) < 4.78 is 18.8. The SMILES string of the molecule is COc1ccc(C(=O)NC2CC3CCC(C2)N3)c(F)c1.Cl. The molecule has 0 aromatic heterocycles. The van der Waals surface area contributed by atoms with Crippen LogP contribution in [0.4, 0.5) is 4.39 Å². The predicted octanol–water partition coefficient (Wildman–Crippen LogP) is 2.27. The lowest BCUT2D eigenvalue weighted by Gasteiger charge is -2.29. The Morgan fingerprint density at radius 1 is 1.33 bits per heavy atom. The summed E-state index contributed by atoms with van der Waals surface area (Å²) in [5.74, 6) is -0.464. The molecule has 2 atom stereocenters. The zero-order chi connectivity index (χ0) is 14.1. The molecule has 2 unspecified atom stereocenters. The molecule has 2 saturated heterocycles. The summed E-state index contributed by atoms with van der Waals surface area (Å²) >= 11 is 0. The van der Waals surface area contributed by atoms with Crippen molar-refractivity contribution in [2.24, 2.45) is 0 Å². The molecular formula is C15H20ClFN2O2. The Balaban J connectivity index is 0.00000161. The number of ether oxygens (including phenoxy) is 1. The second-order valence-corrected chi connectivity index (χ2v) is 5.63. The van der Waals surface area contributed by atoms with Gasteiger partial charge in [-0.05, 0) is 37.8 Å². The first-order valence-corrected chi connectivity index (χ1v) is 7.06. The molecule has 1 aromatic rings. The van der Waals surface area contributed by atoms with Gasteiger partial charge in [0.2, 0.25) is 0 Å². The van der Waals surface area contributed by atoms with Crippen LogP contribution >= 0.6 is 12.4 Å². The molecule has 2 aliphatic heterocycles. The van der Waals surface area contributed by atoms with Crippen molar-refractivity contribution >= 4 is 18.3 Å². The number of amides is 1. The smallest absolute Gasteiger partial charge is 0.254 e. The van der Waals surface area contributed by atoms with Gasteiger partial charge in [0.05, 0.1) is 12.7 Å². The molecule has 2 heterocycles. The number of carbonyl (C=O) groups is 1. The van der Waals surface area contributed by atoms with Crippen molar-refractivity contribution in [2.75, 3.05) is 7.11 Å². The van der Waals surface area contributed by atoms with E-state index in [1.54, 1.807) is 6.07 Å². The molecule has 4 nitrogen and oxygen atoms in total. The van der Waals surface area contributed by atoms with Gasteiger partial charge in [0.15, 0.2) is 0 Å². The van der Waals surface area contributed by atoms with E-state index in [0.29, 0.717) is 17.8 Å². The molecule has 2 fully saturated rings. The monoisotopic (exact) mass is 314 g/mol. The standard InChI is InChI=1S/C15H19FN2O2.ClH/c1-20-12-4-5-13(14(16)8-12)15(19)18-11-6-9-2-3-10(7-11)17-9;/h4-5,8-11,17H,2-3,6-7H2,1H3,(H,18,19);1H. The molecule has 116 valence electrons. The minimum atomic E-state index is -0.543. The maximum Gasteiger partial charge on any atom is 0.254 e. The van der Waals surface area contributed by atoms with Gasteiger partial charge >= 0.3 is 0 Å². The van der Waals surface area contributed by atoms with Crippen molar-refractivity contribution < 1.29 is 13.9 Å². The number of piperidine rings is 1. The zero-order valence-corrected chi connectivity index (χ0v) is 12.7. The minimum absolute atomic E-state index is 0. The van der Waals surface area contributed by atoms with E-state index in [0.717, 1.165) is 12.8 Å². The van der Waals surface area contributed by atoms with Crippen molar-refractivity contribution in [1.29, 1.82) is 0 Å². The van der Waals surface area contributed by atoms with Crippen LogP contribution in [-0.2, 0) is 0 Å². The van der Waals surface area contributed by atoms with Crippen LogP contribution in [0.25, 0.3) is 0 Å². The zero-order valence-electron chi connectivity index (χ0n) is 11.9. The van der Waals surface area contributed by atoms with Gasteiger partial charge in [0.1, 0.15) is 11.6 Å². The largest absolute Gasteiger partial charge is 0.497 e. The van der Waals surface area contributed by atoms with Crippen LogP contribution in [0.5, 0.6) is 5.75 Å². The Morgan fingerprint density at radius 3 is 2.57 bits per heavy atom. The molecule has 0 spiro atoms. The third kappa shape index (κ3) is 3.47. The Labute approximate surface area is 129 Å². The highest BCUT2D eigenvalue weighted by Gasteiger charge is 2.34. The van der Waals surface area contributed by atoms with E-state index < -0.39 is 5.82 Å². The van der Waals surface area contributed by atoms with Gasteiger partial charge in [0, 0.05) is 24.2 Å². The highest BCUT2D eigenvalue weighted by Crippen LogP contribution is 2.27. The fourth-order valence-corrected chi connectivity index (χ4v) is 3.25. The maximum atomic E-state index is 13.9. The number of hydrogen-bond donors (Lipinski definition) is 2. The molecule has 2 aliphatic rings. The van der Waals surface area contributed by atoms with E-state index in [2.05, 4.69) is 10.6 Å². The third-order valence-corrected chi connectivity index (χ3v) is 4.23. The molecule has 6 heteroatoms. The van der Waals surface area contributed by atoms with Crippen molar-refractivity contribution in [3.05, 3.63) is 29.6 Å². The third-order valence-electron chi connectivity index (χ3n) is 4.23. The molecule has 1 amide bonds. The molecule has 2 bridgehead atoms. The van der Waals surface area contributed by atoms with Gasteiger partial charge < -0.3 is 15.4 Å². The average Bonchev–Trinajstić information content (AvgIpc) is 2.77. The predicted molar refractivity (Wildman–Crippen MR) is 80.6 cm³/mol. The number of nitrogens with one attached hydrogen (secondary N) is 2. The van der Waals surface area contributed by atoms with Crippen molar-refractivity contribution in [1.82, 2.24) is 10.6 Å². The Kier molecular flexibility index (Phi) is 5.06. The first kappa shape index (κ1) is 16.0. The van der Waals surface area contributed by atoms with Gasteiger partial charge in [-0.1, -0.05) is 0 Å². The molecule has 0 saturated carbocycles. The molecule has 2 N–H and O–H groups in total. The summed E-state index contributed by atoms with van der Waals surface area (Å²) in [6, 6.07) is 5.45. The Morgan fingerprint density at radius 2 is 2.00 bits per heavy atom. The molecule has 0 aliphatic carbocycles. The number of halogens is 2. The fourth-order valence-electron chi connectivity index (χ4n) is 3.25. The van der Waals surface area contributed by atoms with E-state index in [-0.39, 0.29) is 29.9 Å². The first-order valence-electron chi connectivity index (χ1n) is 7.06. The summed E-state index contributed by atoms with van der Waals surface area (Å²) in [4.78, 5) is 12.2. The quantitative estimate of drug-likeness (QED) is 0.900. The van der Waals surface area contributed by atoms with Gasteiger partial charge in [-0.3, -0.25) is 4.79 Å². The van der Waals surface area contributed by atoms with Gasteiger partial charge in [-0.15, -0.1) is 12.4 Å². The lowest BCUT2D eigenvalue weighted by atomic mass is 9.99. The van der Waals surface area contributed by atoms with Crippen LogP contribution in [0, 0.1) is 5.82 Å². The van der Waals surface area contributed by atoms with Crippen LogP contribution in [0.2, 0.25) is 0 Å². The highest BCUT2D eigenvalue weighted by atomic mass is 35.5. The molecule has 0 radical (unpaired) electrons. The van der Waals surface area contributed by atoms with Crippen LogP contribution in [0.15, 0.2) is 18.2 Å². The Bertz CT molecular complexity index is 514. The van der Waals surface area contributed by atoms with E-state index in [1.165, 1.54) is 32.1 Å². The summed E-state index contributed by atoms with van der Waals surface area (Å²) in [7, 11) is 1.47.